The second-order valence-electron chi connectivity index (χ2n) is 5.59. The molecule has 1 aromatic carbocycles. The number of furan rings is 1. The molecule has 20 heavy (non-hydrogen) atoms. The fraction of sp³-hybridized carbons (Fsp3) is 0.438. The number of amides is 1. The van der Waals surface area contributed by atoms with Crippen molar-refractivity contribution < 1.29 is 14.3 Å². The molecule has 2 aromatic rings. The van der Waals surface area contributed by atoms with E-state index in [-0.39, 0.29) is 17.9 Å². The molecular formula is C16H19NO3. The summed E-state index contributed by atoms with van der Waals surface area (Å²) in [7, 11) is 1.79. The quantitative estimate of drug-likeness (QED) is 0.935. The lowest BCUT2D eigenvalue weighted by Crippen LogP contribution is -2.34. The molecule has 2 atom stereocenters. The highest BCUT2D eigenvalue weighted by Crippen LogP contribution is 2.27. The van der Waals surface area contributed by atoms with Crippen LogP contribution in [0.15, 0.2) is 34.9 Å². The standard InChI is InChI=1S/C16H19NO3/c1-17(9-11-5-4-7-14(11)18)16(19)13-10-20-15-8-3-2-6-12(13)15/h2-3,6,8,10-11,14,18H,4-5,7,9H2,1H3. The molecular weight excluding hydrogens is 254 g/mol. The van der Waals surface area contributed by atoms with Gasteiger partial charge in [0.15, 0.2) is 0 Å². The van der Waals surface area contributed by atoms with Crippen LogP contribution in [-0.2, 0) is 0 Å². The number of carbonyl (C=O) groups excluding carboxylic acids is 1. The smallest absolute Gasteiger partial charge is 0.257 e. The van der Waals surface area contributed by atoms with E-state index in [0.717, 1.165) is 30.2 Å². The average molecular weight is 273 g/mol. The third-order valence-electron chi connectivity index (χ3n) is 4.19. The minimum atomic E-state index is -0.272. The third-order valence-corrected chi connectivity index (χ3v) is 4.19. The molecule has 0 spiro atoms. The Morgan fingerprint density at radius 2 is 2.20 bits per heavy atom. The molecule has 1 heterocycles. The highest BCUT2D eigenvalue weighted by molar-refractivity contribution is 6.05. The van der Waals surface area contributed by atoms with Crippen LogP contribution in [-0.4, -0.2) is 35.6 Å². The molecule has 1 aromatic heterocycles. The molecule has 1 fully saturated rings. The van der Waals surface area contributed by atoms with Gasteiger partial charge in [-0.25, -0.2) is 0 Å². The Morgan fingerprint density at radius 1 is 1.40 bits per heavy atom. The Labute approximate surface area is 118 Å². The van der Waals surface area contributed by atoms with Crippen molar-refractivity contribution in [2.24, 2.45) is 5.92 Å². The average Bonchev–Trinajstić information content (AvgIpc) is 3.05. The van der Waals surface area contributed by atoms with Gasteiger partial charge >= 0.3 is 0 Å². The van der Waals surface area contributed by atoms with Gasteiger partial charge in [0, 0.05) is 24.9 Å². The molecule has 2 unspecified atom stereocenters. The molecule has 0 aliphatic heterocycles. The maximum atomic E-state index is 12.5. The number of nitrogens with zero attached hydrogens (tertiary/aromatic N) is 1. The molecule has 0 saturated heterocycles. The maximum Gasteiger partial charge on any atom is 0.257 e. The predicted molar refractivity (Wildman–Crippen MR) is 76.5 cm³/mol. The van der Waals surface area contributed by atoms with Crippen molar-refractivity contribution in [2.45, 2.75) is 25.4 Å². The molecule has 4 heteroatoms. The maximum absolute atomic E-state index is 12.5. The van der Waals surface area contributed by atoms with Crippen LogP contribution in [0.5, 0.6) is 0 Å². The number of para-hydroxylation sites is 1. The van der Waals surface area contributed by atoms with Gasteiger partial charge in [0.05, 0.1) is 11.7 Å². The molecule has 1 aliphatic carbocycles. The Morgan fingerprint density at radius 3 is 2.95 bits per heavy atom. The van der Waals surface area contributed by atoms with Gasteiger partial charge in [-0.3, -0.25) is 4.79 Å². The van der Waals surface area contributed by atoms with Crippen LogP contribution in [0.25, 0.3) is 11.0 Å². The van der Waals surface area contributed by atoms with Crippen molar-refractivity contribution in [1.82, 2.24) is 4.90 Å². The minimum absolute atomic E-state index is 0.0472. The number of aliphatic hydroxyl groups is 1. The number of hydrogen-bond donors (Lipinski definition) is 1. The van der Waals surface area contributed by atoms with Gasteiger partial charge in [-0.1, -0.05) is 24.6 Å². The Hall–Kier alpha value is -1.81. The molecule has 1 N–H and O–H groups in total. The van der Waals surface area contributed by atoms with Crippen molar-refractivity contribution in [3.8, 4) is 0 Å². The van der Waals surface area contributed by atoms with E-state index in [0.29, 0.717) is 12.1 Å². The molecule has 1 aliphatic rings. The molecule has 4 nitrogen and oxygen atoms in total. The van der Waals surface area contributed by atoms with Gasteiger partial charge in [-0.15, -0.1) is 0 Å². The van der Waals surface area contributed by atoms with Gasteiger partial charge in [-0.05, 0) is 18.9 Å². The zero-order valence-corrected chi connectivity index (χ0v) is 11.6. The Balaban J connectivity index is 1.78. The first kappa shape index (κ1) is 13.2. The first-order valence-corrected chi connectivity index (χ1v) is 7.06. The lowest BCUT2D eigenvalue weighted by molar-refractivity contribution is 0.0694. The Bertz CT molecular complexity index is 619. The van der Waals surface area contributed by atoms with E-state index in [1.807, 2.05) is 24.3 Å². The minimum Gasteiger partial charge on any atom is -0.463 e. The van der Waals surface area contributed by atoms with Crippen molar-refractivity contribution in [3.05, 3.63) is 36.1 Å². The van der Waals surface area contributed by atoms with Crippen LogP contribution in [0.3, 0.4) is 0 Å². The molecule has 1 amide bonds. The lowest BCUT2D eigenvalue weighted by atomic mass is 10.1. The van der Waals surface area contributed by atoms with Gasteiger partial charge in [0.1, 0.15) is 11.8 Å². The molecule has 0 radical (unpaired) electrons. The Kier molecular flexibility index (Phi) is 3.49. The zero-order valence-electron chi connectivity index (χ0n) is 11.6. The summed E-state index contributed by atoms with van der Waals surface area (Å²) in [5.74, 6) is 0.149. The number of carbonyl (C=O) groups is 1. The van der Waals surface area contributed by atoms with Crippen LogP contribution >= 0.6 is 0 Å². The van der Waals surface area contributed by atoms with Crippen molar-refractivity contribution in [1.29, 1.82) is 0 Å². The summed E-state index contributed by atoms with van der Waals surface area (Å²) in [6, 6.07) is 7.53. The molecule has 3 rings (SSSR count). The molecule has 106 valence electrons. The largest absolute Gasteiger partial charge is 0.463 e. The van der Waals surface area contributed by atoms with E-state index in [2.05, 4.69) is 0 Å². The van der Waals surface area contributed by atoms with Crippen LogP contribution in [0, 0.1) is 5.92 Å². The SMILES string of the molecule is CN(CC1CCCC1O)C(=O)c1coc2ccccc12. The van der Waals surface area contributed by atoms with Gasteiger partial charge in [-0.2, -0.15) is 0 Å². The summed E-state index contributed by atoms with van der Waals surface area (Å²) < 4.78 is 5.41. The number of hydrogen-bond acceptors (Lipinski definition) is 3. The van der Waals surface area contributed by atoms with E-state index in [4.69, 9.17) is 4.42 Å². The van der Waals surface area contributed by atoms with Crippen LogP contribution < -0.4 is 0 Å². The van der Waals surface area contributed by atoms with E-state index >= 15 is 0 Å². The summed E-state index contributed by atoms with van der Waals surface area (Å²) in [5, 5.41) is 10.7. The third kappa shape index (κ3) is 2.31. The highest BCUT2D eigenvalue weighted by atomic mass is 16.3. The first-order valence-electron chi connectivity index (χ1n) is 7.06. The van der Waals surface area contributed by atoms with E-state index < -0.39 is 0 Å². The monoisotopic (exact) mass is 273 g/mol. The molecule has 1 saturated carbocycles. The summed E-state index contributed by atoms with van der Waals surface area (Å²) in [6.07, 6.45) is 4.13. The van der Waals surface area contributed by atoms with Gasteiger partial charge < -0.3 is 14.4 Å². The summed E-state index contributed by atoms with van der Waals surface area (Å²) in [6.45, 7) is 0.597. The second-order valence-corrected chi connectivity index (χ2v) is 5.59. The van der Waals surface area contributed by atoms with Crippen LogP contribution in [0.2, 0.25) is 0 Å². The second kappa shape index (κ2) is 5.29. The molecule has 0 bridgehead atoms. The normalized spacial score (nSPS) is 22.3. The van der Waals surface area contributed by atoms with Gasteiger partial charge in [0.25, 0.3) is 5.91 Å². The van der Waals surface area contributed by atoms with E-state index in [9.17, 15) is 9.90 Å². The van der Waals surface area contributed by atoms with E-state index in [1.54, 1.807) is 11.9 Å². The number of benzene rings is 1. The van der Waals surface area contributed by atoms with Crippen molar-refractivity contribution in [2.75, 3.05) is 13.6 Å². The van der Waals surface area contributed by atoms with Crippen LogP contribution in [0.4, 0.5) is 0 Å². The van der Waals surface area contributed by atoms with Crippen molar-refractivity contribution in [3.63, 3.8) is 0 Å². The number of aliphatic hydroxyl groups excluding tert-OH is 1. The summed E-state index contributed by atoms with van der Waals surface area (Å²) >= 11 is 0. The summed E-state index contributed by atoms with van der Waals surface area (Å²) in [4.78, 5) is 14.2. The predicted octanol–water partition coefficient (Wildman–Crippen LogP) is 2.67. The number of fused-ring (bicyclic) bond motifs is 1. The number of rotatable bonds is 3. The topological polar surface area (TPSA) is 53.7 Å². The fourth-order valence-corrected chi connectivity index (χ4v) is 3.01. The first-order chi connectivity index (χ1) is 9.66. The van der Waals surface area contributed by atoms with Crippen molar-refractivity contribution >= 4 is 16.9 Å². The van der Waals surface area contributed by atoms with Crippen LogP contribution in [0.1, 0.15) is 29.6 Å². The van der Waals surface area contributed by atoms with Gasteiger partial charge in [0.2, 0.25) is 0 Å². The zero-order chi connectivity index (χ0) is 14.1. The van der Waals surface area contributed by atoms with E-state index in [1.165, 1.54) is 6.26 Å². The fourth-order valence-electron chi connectivity index (χ4n) is 3.01. The highest BCUT2D eigenvalue weighted by Gasteiger charge is 2.28. The summed E-state index contributed by atoms with van der Waals surface area (Å²) in [5.41, 5.74) is 1.32. The lowest BCUT2D eigenvalue weighted by Gasteiger charge is -2.23.